The summed E-state index contributed by atoms with van der Waals surface area (Å²) in [7, 11) is 0. The van der Waals surface area contributed by atoms with Crippen LogP contribution in [-0.4, -0.2) is 16.6 Å². The van der Waals surface area contributed by atoms with Gasteiger partial charge in [-0.1, -0.05) is 16.8 Å². The van der Waals surface area contributed by atoms with Crippen LogP contribution in [0.15, 0.2) is 23.4 Å². The number of rotatable bonds is 2. The predicted octanol–water partition coefficient (Wildman–Crippen LogP) is 2.27. The molecule has 0 aliphatic rings. The first-order valence-corrected chi connectivity index (χ1v) is 5.11. The van der Waals surface area contributed by atoms with Crippen LogP contribution in [0.25, 0.3) is 0 Å². The van der Waals surface area contributed by atoms with Crippen molar-refractivity contribution in [2.75, 3.05) is 0 Å². The van der Waals surface area contributed by atoms with Gasteiger partial charge in [-0.05, 0) is 39.8 Å². The molecular weight excluding hydrogens is 204 g/mol. The molecule has 0 radical (unpaired) electrons. The second-order valence-electron chi connectivity index (χ2n) is 4.70. The highest BCUT2D eigenvalue weighted by atomic mass is 16.5. The van der Waals surface area contributed by atoms with E-state index in [1.165, 1.54) is 0 Å². The average Bonchev–Trinajstić information content (AvgIpc) is 2.17. The zero-order chi connectivity index (χ0) is 12.3. The van der Waals surface area contributed by atoms with E-state index in [1.54, 1.807) is 0 Å². The van der Waals surface area contributed by atoms with Crippen LogP contribution in [-0.2, 0) is 0 Å². The Morgan fingerprint density at radius 3 is 2.50 bits per heavy atom. The van der Waals surface area contributed by atoms with Crippen LogP contribution in [0, 0.1) is 6.92 Å². The average molecular weight is 222 g/mol. The van der Waals surface area contributed by atoms with E-state index in [-0.39, 0.29) is 11.4 Å². The highest BCUT2D eigenvalue weighted by Crippen LogP contribution is 2.24. The lowest BCUT2D eigenvalue weighted by molar-refractivity contribution is 0.130. The molecule has 0 fully saturated rings. The largest absolute Gasteiger partial charge is 0.487 e. The van der Waals surface area contributed by atoms with Gasteiger partial charge in [0.2, 0.25) is 0 Å². The zero-order valence-electron chi connectivity index (χ0n) is 10.1. The minimum absolute atomic E-state index is 0.0583. The fourth-order valence-corrected chi connectivity index (χ4v) is 1.32. The van der Waals surface area contributed by atoms with Crippen LogP contribution >= 0.6 is 0 Å². The minimum atomic E-state index is -0.320. The van der Waals surface area contributed by atoms with Gasteiger partial charge in [0.1, 0.15) is 11.4 Å². The SMILES string of the molecule is Cc1ccc(OC(C)(C)C)c(/C(N)=N/O)c1. The van der Waals surface area contributed by atoms with E-state index in [0.29, 0.717) is 11.3 Å². The number of aryl methyl sites for hydroxylation is 1. The van der Waals surface area contributed by atoms with Crippen LogP contribution in [0.4, 0.5) is 0 Å². The van der Waals surface area contributed by atoms with Gasteiger partial charge in [-0.25, -0.2) is 0 Å². The Kier molecular flexibility index (Phi) is 3.42. The summed E-state index contributed by atoms with van der Waals surface area (Å²) in [4.78, 5) is 0. The summed E-state index contributed by atoms with van der Waals surface area (Å²) in [6, 6.07) is 5.58. The van der Waals surface area contributed by atoms with Crippen molar-refractivity contribution in [2.24, 2.45) is 10.9 Å². The van der Waals surface area contributed by atoms with Crippen molar-refractivity contribution >= 4 is 5.84 Å². The van der Waals surface area contributed by atoms with Crippen molar-refractivity contribution < 1.29 is 9.94 Å². The van der Waals surface area contributed by atoms with Gasteiger partial charge in [0.25, 0.3) is 0 Å². The van der Waals surface area contributed by atoms with Gasteiger partial charge < -0.3 is 15.7 Å². The number of ether oxygens (including phenoxy) is 1. The topological polar surface area (TPSA) is 67.8 Å². The standard InChI is InChI=1S/C12H18N2O2/c1-8-5-6-10(16-12(2,3)4)9(7-8)11(13)14-15/h5-7,15H,1-4H3,(H2,13,14). The molecule has 0 saturated carbocycles. The summed E-state index contributed by atoms with van der Waals surface area (Å²) in [5.41, 5.74) is 6.92. The van der Waals surface area contributed by atoms with Crippen molar-refractivity contribution in [3.63, 3.8) is 0 Å². The highest BCUT2D eigenvalue weighted by Gasteiger charge is 2.16. The summed E-state index contributed by atoms with van der Waals surface area (Å²) >= 11 is 0. The fourth-order valence-electron chi connectivity index (χ4n) is 1.32. The molecular formula is C12H18N2O2. The third-order valence-corrected chi connectivity index (χ3v) is 1.93. The molecule has 0 spiro atoms. The van der Waals surface area contributed by atoms with E-state index in [4.69, 9.17) is 15.7 Å². The number of hydrogen-bond donors (Lipinski definition) is 2. The molecule has 0 atom stereocenters. The van der Waals surface area contributed by atoms with E-state index in [1.807, 2.05) is 45.9 Å². The summed E-state index contributed by atoms with van der Waals surface area (Å²) in [6.45, 7) is 7.78. The molecule has 0 unspecified atom stereocenters. The number of amidine groups is 1. The van der Waals surface area contributed by atoms with E-state index in [0.717, 1.165) is 5.56 Å². The maximum atomic E-state index is 8.71. The van der Waals surface area contributed by atoms with Gasteiger partial charge in [-0.3, -0.25) is 0 Å². The Hall–Kier alpha value is -1.71. The van der Waals surface area contributed by atoms with Crippen LogP contribution in [0.2, 0.25) is 0 Å². The smallest absolute Gasteiger partial charge is 0.173 e. The van der Waals surface area contributed by atoms with E-state index < -0.39 is 0 Å². The third kappa shape index (κ3) is 3.15. The van der Waals surface area contributed by atoms with Crippen LogP contribution in [0.1, 0.15) is 31.9 Å². The summed E-state index contributed by atoms with van der Waals surface area (Å²) < 4.78 is 5.74. The molecule has 0 aliphatic carbocycles. The molecule has 0 bridgehead atoms. The second-order valence-corrected chi connectivity index (χ2v) is 4.70. The first-order chi connectivity index (χ1) is 7.33. The molecule has 88 valence electrons. The molecule has 0 aromatic heterocycles. The first kappa shape index (κ1) is 12.4. The second kappa shape index (κ2) is 4.43. The van der Waals surface area contributed by atoms with Gasteiger partial charge in [-0.15, -0.1) is 0 Å². The fraction of sp³-hybridized carbons (Fsp3) is 0.417. The quantitative estimate of drug-likeness (QED) is 0.349. The van der Waals surface area contributed by atoms with Crippen molar-refractivity contribution in [1.82, 2.24) is 0 Å². The van der Waals surface area contributed by atoms with E-state index in [9.17, 15) is 0 Å². The Morgan fingerprint density at radius 1 is 1.38 bits per heavy atom. The zero-order valence-corrected chi connectivity index (χ0v) is 10.1. The molecule has 0 aliphatic heterocycles. The lowest BCUT2D eigenvalue weighted by Gasteiger charge is -2.23. The third-order valence-electron chi connectivity index (χ3n) is 1.93. The molecule has 1 aromatic rings. The lowest BCUT2D eigenvalue weighted by Crippen LogP contribution is -2.25. The van der Waals surface area contributed by atoms with Gasteiger partial charge in [0.05, 0.1) is 5.56 Å². The Bertz CT molecular complexity index is 406. The van der Waals surface area contributed by atoms with Gasteiger partial charge in [0, 0.05) is 0 Å². The maximum absolute atomic E-state index is 8.71. The lowest BCUT2D eigenvalue weighted by atomic mass is 10.1. The van der Waals surface area contributed by atoms with Crippen LogP contribution in [0.3, 0.4) is 0 Å². The molecule has 1 rings (SSSR count). The van der Waals surface area contributed by atoms with Crippen LogP contribution < -0.4 is 10.5 Å². The molecule has 3 N–H and O–H groups in total. The Labute approximate surface area is 95.7 Å². The van der Waals surface area contributed by atoms with Crippen molar-refractivity contribution in [1.29, 1.82) is 0 Å². The van der Waals surface area contributed by atoms with E-state index >= 15 is 0 Å². The summed E-state index contributed by atoms with van der Waals surface area (Å²) in [5.74, 6) is 0.677. The summed E-state index contributed by atoms with van der Waals surface area (Å²) in [6.07, 6.45) is 0. The molecule has 4 nitrogen and oxygen atoms in total. The van der Waals surface area contributed by atoms with Crippen molar-refractivity contribution in [2.45, 2.75) is 33.3 Å². The van der Waals surface area contributed by atoms with Gasteiger partial charge in [0.15, 0.2) is 5.84 Å². The number of nitrogens with two attached hydrogens (primary N) is 1. The van der Waals surface area contributed by atoms with Gasteiger partial charge >= 0.3 is 0 Å². The number of hydrogen-bond acceptors (Lipinski definition) is 3. The molecule has 1 aromatic carbocycles. The Balaban J connectivity index is 3.18. The first-order valence-electron chi connectivity index (χ1n) is 5.11. The highest BCUT2D eigenvalue weighted by molar-refractivity contribution is 5.99. The summed E-state index contributed by atoms with van der Waals surface area (Å²) in [5, 5.41) is 11.7. The molecule has 16 heavy (non-hydrogen) atoms. The molecule has 0 amide bonds. The van der Waals surface area contributed by atoms with Crippen molar-refractivity contribution in [3.05, 3.63) is 29.3 Å². The monoisotopic (exact) mass is 222 g/mol. The Morgan fingerprint density at radius 2 is 2.00 bits per heavy atom. The molecule has 4 heteroatoms. The maximum Gasteiger partial charge on any atom is 0.173 e. The normalized spacial score (nSPS) is 12.6. The number of benzene rings is 1. The minimum Gasteiger partial charge on any atom is -0.487 e. The molecule has 0 saturated heterocycles. The van der Waals surface area contributed by atoms with Crippen LogP contribution in [0.5, 0.6) is 5.75 Å². The van der Waals surface area contributed by atoms with Gasteiger partial charge in [-0.2, -0.15) is 0 Å². The number of oxime groups is 1. The molecule has 0 heterocycles. The number of nitrogens with zero attached hydrogens (tertiary/aromatic N) is 1. The van der Waals surface area contributed by atoms with Crippen molar-refractivity contribution in [3.8, 4) is 5.75 Å². The van der Waals surface area contributed by atoms with E-state index in [2.05, 4.69) is 5.16 Å². The predicted molar refractivity (Wildman–Crippen MR) is 64.1 cm³/mol.